The molecule has 1 amide bonds. The predicted molar refractivity (Wildman–Crippen MR) is 71.6 cm³/mol. The second kappa shape index (κ2) is 6.43. The largest absolute Gasteiger partial charge is 0.508 e. The van der Waals surface area contributed by atoms with E-state index in [-0.39, 0.29) is 11.7 Å². The van der Waals surface area contributed by atoms with Gasteiger partial charge in [0.15, 0.2) is 0 Å². The lowest BCUT2D eigenvalue weighted by atomic mass is 10.0. The van der Waals surface area contributed by atoms with Gasteiger partial charge in [0.1, 0.15) is 5.75 Å². The van der Waals surface area contributed by atoms with E-state index >= 15 is 0 Å². The SMILES string of the molecule is O=C(NCCCC1CCCC1)c1ccc(O)cc1. The van der Waals surface area contributed by atoms with Crippen molar-refractivity contribution in [2.45, 2.75) is 38.5 Å². The van der Waals surface area contributed by atoms with E-state index in [0.717, 1.165) is 18.9 Å². The van der Waals surface area contributed by atoms with Crippen LogP contribution in [0, 0.1) is 5.92 Å². The molecule has 2 N–H and O–H groups in total. The number of benzene rings is 1. The molecule has 0 bridgehead atoms. The van der Waals surface area contributed by atoms with Gasteiger partial charge in [-0.1, -0.05) is 25.7 Å². The zero-order valence-electron chi connectivity index (χ0n) is 10.7. The van der Waals surface area contributed by atoms with Crippen molar-refractivity contribution in [3.63, 3.8) is 0 Å². The van der Waals surface area contributed by atoms with Crippen LogP contribution in [-0.2, 0) is 0 Å². The molecule has 1 aromatic carbocycles. The Kier molecular flexibility index (Phi) is 4.62. The van der Waals surface area contributed by atoms with Gasteiger partial charge in [0, 0.05) is 12.1 Å². The van der Waals surface area contributed by atoms with Gasteiger partial charge in [-0.15, -0.1) is 0 Å². The summed E-state index contributed by atoms with van der Waals surface area (Å²) < 4.78 is 0. The molecular weight excluding hydrogens is 226 g/mol. The topological polar surface area (TPSA) is 49.3 Å². The number of aromatic hydroxyl groups is 1. The number of hydrogen-bond acceptors (Lipinski definition) is 2. The first-order chi connectivity index (χ1) is 8.75. The molecule has 98 valence electrons. The summed E-state index contributed by atoms with van der Waals surface area (Å²) in [5.41, 5.74) is 0.605. The van der Waals surface area contributed by atoms with Crippen LogP contribution in [0.3, 0.4) is 0 Å². The van der Waals surface area contributed by atoms with Gasteiger partial charge >= 0.3 is 0 Å². The van der Waals surface area contributed by atoms with E-state index in [0.29, 0.717) is 5.56 Å². The van der Waals surface area contributed by atoms with Crippen molar-refractivity contribution in [3.8, 4) is 5.75 Å². The molecule has 1 saturated carbocycles. The summed E-state index contributed by atoms with van der Waals surface area (Å²) in [5.74, 6) is 1.02. The molecule has 0 unspecified atom stereocenters. The Balaban J connectivity index is 1.66. The third kappa shape index (κ3) is 3.76. The van der Waals surface area contributed by atoms with Gasteiger partial charge in [0.05, 0.1) is 0 Å². The summed E-state index contributed by atoms with van der Waals surface area (Å²) >= 11 is 0. The smallest absolute Gasteiger partial charge is 0.251 e. The summed E-state index contributed by atoms with van der Waals surface area (Å²) in [4.78, 5) is 11.8. The van der Waals surface area contributed by atoms with Crippen LogP contribution < -0.4 is 5.32 Å². The van der Waals surface area contributed by atoms with Crippen molar-refractivity contribution >= 4 is 5.91 Å². The van der Waals surface area contributed by atoms with Crippen molar-refractivity contribution in [1.82, 2.24) is 5.32 Å². The second-order valence-electron chi connectivity index (χ2n) is 5.10. The molecule has 2 rings (SSSR count). The maximum absolute atomic E-state index is 11.8. The number of rotatable bonds is 5. The molecule has 0 atom stereocenters. The van der Waals surface area contributed by atoms with Crippen molar-refractivity contribution in [3.05, 3.63) is 29.8 Å². The van der Waals surface area contributed by atoms with Crippen molar-refractivity contribution < 1.29 is 9.90 Å². The minimum absolute atomic E-state index is 0.0542. The summed E-state index contributed by atoms with van der Waals surface area (Å²) in [6, 6.07) is 6.35. The average molecular weight is 247 g/mol. The number of carbonyl (C=O) groups is 1. The number of phenols is 1. The molecule has 0 saturated heterocycles. The Morgan fingerprint density at radius 3 is 2.56 bits per heavy atom. The third-order valence-electron chi connectivity index (χ3n) is 3.68. The Morgan fingerprint density at radius 2 is 1.89 bits per heavy atom. The van der Waals surface area contributed by atoms with Crippen LogP contribution in [0.1, 0.15) is 48.9 Å². The van der Waals surface area contributed by atoms with Crippen molar-refractivity contribution in [1.29, 1.82) is 0 Å². The van der Waals surface area contributed by atoms with E-state index in [1.165, 1.54) is 44.2 Å². The summed E-state index contributed by atoms with van der Waals surface area (Å²) in [6.45, 7) is 0.746. The standard InChI is InChI=1S/C15H21NO2/c17-14-9-7-13(8-10-14)15(18)16-11-3-6-12-4-1-2-5-12/h7-10,12,17H,1-6,11H2,(H,16,18). The van der Waals surface area contributed by atoms with E-state index in [9.17, 15) is 4.79 Å². The second-order valence-corrected chi connectivity index (χ2v) is 5.10. The fourth-order valence-electron chi connectivity index (χ4n) is 2.61. The van der Waals surface area contributed by atoms with Gasteiger partial charge in [0.2, 0.25) is 0 Å². The Labute approximate surface area is 108 Å². The van der Waals surface area contributed by atoms with Gasteiger partial charge < -0.3 is 10.4 Å². The molecule has 1 aliphatic carbocycles. The van der Waals surface area contributed by atoms with E-state index in [4.69, 9.17) is 5.11 Å². The predicted octanol–water partition coefficient (Wildman–Crippen LogP) is 3.09. The van der Waals surface area contributed by atoms with Gasteiger partial charge in [-0.3, -0.25) is 4.79 Å². The van der Waals surface area contributed by atoms with E-state index in [2.05, 4.69) is 5.32 Å². The van der Waals surface area contributed by atoms with Crippen LogP contribution in [0.4, 0.5) is 0 Å². The van der Waals surface area contributed by atoms with Crippen LogP contribution in [-0.4, -0.2) is 17.6 Å². The zero-order chi connectivity index (χ0) is 12.8. The van der Waals surface area contributed by atoms with E-state index in [1.807, 2.05) is 0 Å². The van der Waals surface area contributed by atoms with Crippen LogP contribution in [0.15, 0.2) is 24.3 Å². The van der Waals surface area contributed by atoms with Gasteiger partial charge in [-0.05, 0) is 43.0 Å². The lowest BCUT2D eigenvalue weighted by Crippen LogP contribution is -2.24. The molecule has 0 aliphatic heterocycles. The Hall–Kier alpha value is -1.51. The molecule has 0 radical (unpaired) electrons. The first-order valence-electron chi connectivity index (χ1n) is 6.83. The zero-order valence-corrected chi connectivity index (χ0v) is 10.7. The third-order valence-corrected chi connectivity index (χ3v) is 3.68. The summed E-state index contributed by atoms with van der Waals surface area (Å²) in [5, 5.41) is 12.1. The first kappa shape index (κ1) is 12.9. The highest BCUT2D eigenvalue weighted by molar-refractivity contribution is 5.94. The number of nitrogens with one attached hydrogen (secondary N) is 1. The number of carbonyl (C=O) groups excluding carboxylic acids is 1. The monoisotopic (exact) mass is 247 g/mol. The maximum Gasteiger partial charge on any atom is 0.251 e. The quantitative estimate of drug-likeness (QED) is 0.785. The minimum atomic E-state index is -0.0542. The van der Waals surface area contributed by atoms with Crippen LogP contribution in [0.25, 0.3) is 0 Å². The van der Waals surface area contributed by atoms with Crippen LogP contribution in [0.5, 0.6) is 5.75 Å². The Morgan fingerprint density at radius 1 is 1.22 bits per heavy atom. The van der Waals surface area contributed by atoms with Crippen molar-refractivity contribution in [2.75, 3.05) is 6.54 Å². The summed E-state index contributed by atoms with van der Waals surface area (Å²) in [7, 11) is 0. The molecule has 1 aromatic rings. The fraction of sp³-hybridized carbons (Fsp3) is 0.533. The van der Waals surface area contributed by atoms with Crippen LogP contribution in [0.2, 0.25) is 0 Å². The molecule has 0 heterocycles. The highest BCUT2D eigenvalue weighted by Crippen LogP contribution is 2.28. The molecule has 18 heavy (non-hydrogen) atoms. The van der Waals surface area contributed by atoms with E-state index in [1.54, 1.807) is 12.1 Å². The normalized spacial score (nSPS) is 15.8. The maximum atomic E-state index is 11.8. The van der Waals surface area contributed by atoms with Gasteiger partial charge in [0.25, 0.3) is 5.91 Å². The Bertz CT molecular complexity index is 380. The molecule has 1 aliphatic rings. The number of hydrogen-bond donors (Lipinski definition) is 2. The van der Waals surface area contributed by atoms with Gasteiger partial charge in [-0.25, -0.2) is 0 Å². The summed E-state index contributed by atoms with van der Waals surface area (Å²) in [6.07, 6.45) is 7.79. The number of amides is 1. The lowest BCUT2D eigenvalue weighted by Gasteiger charge is -2.09. The highest BCUT2D eigenvalue weighted by atomic mass is 16.3. The molecule has 0 spiro atoms. The molecule has 1 fully saturated rings. The minimum Gasteiger partial charge on any atom is -0.508 e. The highest BCUT2D eigenvalue weighted by Gasteiger charge is 2.14. The van der Waals surface area contributed by atoms with Crippen LogP contribution >= 0.6 is 0 Å². The lowest BCUT2D eigenvalue weighted by molar-refractivity contribution is 0.0952. The first-order valence-corrected chi connectivity index (χ1v) is 6.83. The van der Waals surface area contributed by atoms with Crippen molar-refractivity contribution in [2.24, 2.45) is 5.92 Å². The molecular formula is C15H21NO2. The van der Waals surface area contributed by atoms with E-state index < -0.39 is 0 Å². The average Bonchev–Trinajstić information content (AvgIpc) is 2.88. The number of phenolic OH excluding ortho intramolecular Hbond substituents is 1. The van der Waals surface area contributed by atoms with Gasteiger partial charge in [-0.2, -0.15) is 0 Å². The molecule has 3 heteroatoms. The molecule has 3 nitrogen and oxygen atoms in total. The fourth-order valence-corrected chi connectivity index (χ4v) is 2.61. The molecule has 0 aromatic heterocycles.